The minimum absolute atomic E-state index is 0.00516. The topological polar surface area (TPSA) is 441 Å². The zero-order valence-electron chi connectivity index (χ0n) is 53.4. The van der Waals surface area contributed by atoms with Crippen LogP contribution < -0.4 is 58.3 Å². The molecule has 15 N–H and O–H groups in total. The Balaban J connectivity index is 0.972. The second-order valence-electron chi connectivity index (χ2n) is 23.1. The molecular weight excluding hydrogens is 1260 g/mol. The molecule has 0 radical (unpaired) electrons. The van der Waals surface area contributed by atoms with E-state index in [9.17, 15) is 81.9 Å². The number of aliphatic carboxylic acids is 3. The second kappa shape index (κ2) is 38.7. The monoisotopic (exact) mass is 1350 g/mol. The lowest BCUT2D eigenvalue weighted by atomic mass is 10.0. The Morgan fingerprint density at radius 2 is 1.14 bits per heavy atom. The maximum Gasteiger partial charge on any atom is 0.344 e. The lowest BCUT2D eigenvalue weighted by Gasteiger charge is -2.33. The Morgan fingerprint density at radius 3 is 1.70 bits per heavy atom. The maximum absolute atomic E-state index is 14.7. The number of carbonyl (C=O) groups excluding carboxylic acids is 8. The Morgan fingerprint density at radius 1 is 0.625 bits per heavy atom. The lowest BCUT2D eigenvalue weighted by molar-refractivity contribution is -0.140. The van der Waals surface area contributed by atoms with Crippen molar-refractivity contribution in [3.8, 4) is 11.5 Å². The van der Waals surface area contributed by atoms with E-state index >= 15 is 0 Å². The van der Waals surface area contributed by atoms with E-state index in [2.05, 4.69) is 52.8 Å². The van der Waals surface area contributed by atoms with Gasteiger partial charge in [0.2, 0.25) is 41.4 Å². The van der Waals surface area contributed by atoms with Crippen LogP contribution in [0.15, 0.2) is 65.7 Å². The molecule has 3 heterocycles. The van der Waals surface area contributed by atoms with Crippen molar-refractivity contribution >= 4 is 71.2 Å². The molecule has 34 heteroatoms. The Labute approximate surface area is 552 Å². The first-order valence-electron chi connectivity index (χ1n) is 31.5. The van der Waals surface area contributed by atoms with E-state index in [-0.39, 0.29) is 162 Å². The summed E-state index contributed by atoms with van der Waals surface area (Å²) in [5, 5.41) is 61.9. The van der Waals surface area contributed by atoms with Gasteiger partial charge in [0.1, 0.15) is 47.3 Å². The van der Waals surface area contributed by atoms with E-state index in [1.807, 2.05) is 29.2 Å². The molecule has 0 aliphatic carbocycles. The molecule has 0 saturated carbocycles. The number of nitrogens with zero attached hydrogens (tertiary/aromatic N) is 6. The number of halogens is 2. The molecule has 0 spiro atoms. The molecule has 0 aromatic heterocycles. The van der Waals surface area contributed by atoms with E-state index in [4.69, 9.17) is 10.5 Å². The van der Waals surface area contributed by atoms with E-state index in [1.165, 1.54) is 0 Å². The Bertz CT molecular complexity index is 3160. The highest BCUT2D eigenvalue weighted by Crippen LogP contribution is 2.33. The number of guanidine groups is 1. The van der Waals surface area contributed by atoms with Crippen molar-refractivity contribution in [1.82, 2.24) is 72.4 Å². The number of aliphatic imine (C=N–C) groups is 1. The van der Waals surface area contributed by atoms with E-state index in [0.717, 1.165) is 11.1 Å². The Kier molecular flexibility index (Phi) is 30.4. The molecule has 2 fully saturated rings. The maximum atomic E-state index is 14.7. The van der Waals surface area contributed by atoms with Crippen LogP contribution in [0.2, 0.25) is 0 Å². The molecule has 3 aromatic carbocycles. The zero-order valence-corrected chi connectivity index (χ0v) is 53.4. The fourth-order valence-electron chi connectivity index (χ4n) is 10.8. The van der Waals surface area contributed by atoms with Crippen LogP contribution in [0.1, 0.15) is 73.7 Å². The number of phenolic OH excluding ortho intramolecular Hbond substituents is 1. The van der Waals surface area contributed by atoms with Crippen LogP contribution in [-0.2, 0) is 67.6 Å². The number of carboxylic acids is 3. The van der Waals surface area contributed by atoms with Crippen LogP contribution in [0.5, 0.6) is 11.5 Å². The highest BCUT2D eigenvalue weighted by molar-refractivity contribution is 5.99. The van der Waals surface area contributed by atoms with Gasteiger partial charge >= 0.3 is 23.9 Å². The average Bonchev–Trinajstić information content (AvgIpc) is 1.62. The molecule has 2 saturated heterocycles. The van der Waals surface area contributed by atoms with Crippen LogP contribution in [0, 0.1) is 11.6 Å². The minimum Gasteiger partial charge on any atom is -0.508 e. The lowest BCUT2D eigenvalue weighted by Crippen LogP contribution is -2.62. The number of carbonyl (C=O) groups is 11. The fraction of sp³-hybridized carbons (Fsp3) is 0.516. The van der Waals surface area contributed by atoms with Crippen molar-refractivity contribution < 1.29 is 86.7 Å². The van der Waals surface area contributed by atoms with Gasteiger partial charge in [-0.15, -0.1) is 0 Å². The average molecular weight is 1350 g/mol. The third kappa shape index (κ3) is 25.9. The number of ether oxygens (including phenoxy) is 1. The number of urea groups is 1. The minimum atomic E-state index is -1.28. The van der Waals surface area contributed by atoms with Crippen molar-refractivity contribution in [3.05, 3.63) is 94.6 Å². The first-order chi connectivity index (χ1) is 45.9. The molecule has 3 aliphatic heterocycles. The second-order valence-corrected chi connectivity index (χ2v) is 23.1. The number of fused-ring (bicyclic) bond motifs is 1. The predicted molar refractivity (Wildman–Crippen MR) is 340 cm³/mol. The summed E-state index contributed by atoms with van der Waals surface area (Å²) in [6, 6.07) is 10.5. The van der Waals surface area contributed by atoms with Gasteiger partial charge in [-0.3, -0.25) is 72.4 Å². The van der Waals surface area contributed by atoms with E-state index < -0.39 is 113 Å². The van der Waals surface area contributed by atoms with Crippen molar-refractivity contribution in [3.63, 3.8) is 0 Å². The summed E-state index contributed by atoms with van der Waals surface area (Å²) >= 11 is 0. The van der Waals surface area contributed by atoms with E-state index in [0.29, 0.717) is 43.0 Å². The van der Waals surface area contributed by atoms with Crippen molar-refractivity contribution in [2.24, 2.45) is 10.7 Å². The number of nitrogens with one attached hydrogen (secondary N) is 9. The van der Waals surface area contributed by atoms with Gasteiger partial charge in [0.15, 0.2) is 5.96 Å². The molecule has 3 aromatic rings. The summed E-state index contributed by atoms with van der Waals surface area (Å²) < 4.78 is 35.5. The number of piperazine rings is 1. The number of nitrogens with two attached hydrogens (primary N) is 1. The van der Waals surface area contributed by atoms with Gasteiger partial charge in [-0.05, 0) is 54.5 Å². The van der Waals surface area contributed by atoms with Gasteiger partial charge in [0.05, 0.1) is 39.2 Å². The summed E-state index contributed by atoms with van der Waals surface area (Å²) in [5.74, 6) is -9.67. The van der Waals surface area contributed by atoms with Gasteiger partial charge in [-0.2, -0.15) is 4.99 Å². The largest absolute Gasteiger partial charge is 0.508 e. The van der Waals surface area contributed by atoms with Crippen LogP contribution in [0.3, 0.4) is 0 Å². The molecule has 0 unspecified atom stereocenters. The first-order valence-corrected chi connectivity index (χ1v) is 31.5. The van der Waals surface area contributed by atoms with Gasteiger partial charge in [0, 0.05) is 129 Å². The number of carboxylic acid groups (broad SMARTS) is 3. The van der Waals surface area contributed by atoms with Crippen molar-refractivity contribution in [2.45, 2.75) is 89.3 Å². The van der Waals surface area contributed by atoms with Crippen LogP contribution in [0.4, 0.5) is 13.6 Å². The van der Waals surface area contributed by atoms with Gasteiger partial charge in [0.25, 0.3) is 0 Å². The van der Waals surface area contributed by atoms with Gasteiger partial charge in [-0.1, -0.05) is 43.3 Å². The number of aromatic hydroxyl groups is 1. The molecular formula is C62H86F2N16O16. The third-order valence-corrected chi connectivity index (χ3v) is 15.8. The molecule has 524 valence electrons. The summed E-state index contributed by atoms with van der Waals surface area (Å²) in [6.45, 7) is 2.94. The SMILES string of the molecule is CCC(=O)NCCNC(=O)/N=C(/N)NCCC[C@@H](NC(=O)[C@H](c1ccc(OCCCNC(=O)C[C@H]2NC(=O)[C@@H](CCNC(=O)CN3CCN(CC(=O)O)CCN(CC(=O)O)CCN(CC(=O)O)CC3)NC2=O)cc1)N1Cc2ccccc2C1)C(=O)NCc1c(F)cc(O)cc1F. The number of amides is 9. The van der Waals surface area contributed by atoms with Crippen molar-refractivity contribution in [1.29, 1.82) is 0 Å². The number of phenols is 1. The number of hydrogen-bond acceptors (Lipinski definition) is 18. The van der Waals surface area contributed by atoms with Gasteiger partial charge < -0.3 is 78.7 Å². The highest BCUT2D eigenvalue weighted by atomic mass is 19.1. The fourth-order valence-corrected chi connectivity index (χ4v) is 10.8. The van der Waals surface area contributed by atoms with E-state index in [1.54, 1.807) is 50.8 Å². The highest BCUT2D eigenvalue weighted by Gasteiger charge is 2.36. The molecule has 96 heavy (non-hydrogen) atoms. The molecule has 4 atom stereocenters. The molecule has 0 bridgehead atoms. The summed E-state index contributed by atoms with van der Waals surface area (Å²) in [5.41, 5.74) is 7.88. The molecule has 9 amide bonds. The summed E-state index contributed by atoms with van der Waals surface area (Å²) in [6.07, 6.45) is 0.362. The summed E-state index contributed by atoms with van der Waals surface area (Å²) in [4.78, 5) is 152. The normalized spacial score (nSPS) is 17.6. The zero-order chi connectivity index (χ0) is 69.7. The van der Waals surface area contributed by atoms with Crippen molar-refractivity contribution in [2.75, 3.05) is 118 Å². The third-order valence-electron chi connectivity index (χ3n) is 15.8. The molecule has 6 rings (SSSR count). The molecule has 32 nitrogen and oxygen atoms in total. The predicted octanol–water partition coefficient (Wildman–Crippen LogP) is -2.31. The smallest absolute Gasteiger partial charge is 0.344 e. The summed E-state index contributed by atoms with van der Waals surface area (Å²) in [7, 11) is 0. The number of benzene rings is 3. The molecule has 3 aliphatic rings. The quantitative estimate of drug-likeness (QED) is 0.0173. The number of hydrogen-bond donors (Lipinski definition) is 14. The van der Waals surface area contributed by atoms with Crippen LogP contribution >= 0.6 is 0 Å². The van der Waals surface area contributed by atoms with Crippen LogP contribution in [-0.4, -0.2) is 252 Å². The Hall–Kier alpha value is -9.64. The van der Waals surface area contributed by atoms with Gasteiger partial charge in [-0.25, -0.2) is 13.6 Å². The standard InChI is InChI=1S/C62H86F2N16O16/c1-2-50(82)68-18-19-70-62(95)75-61(65)69-15-5-9-47(57(91)71-32-44-45(63)29-42(81)30-46(44)64)73-60(94)56(80-33-40-7-3-4-8-41(40)34-80)39-10-12-43(13-11-39)96-28-6-16-66-51(83)31-49-59(93)72-48(58(92)74-49)14-17-67-52(84)35-76-20-22-77(36-53(85)86)24-26-79(38-55(89)90)27-25-78(23-21-76)37-54(87)88/h3-4,7-8,10-13,29-30,47-49,56,81H,2,5-6,9,14-28,31-38H2,1H3,(H,66,83)(H,67,84)(H,68,82)(H,71,91)(H,72,93)(H,73,94)(H,74,92)(H,85,86)(H,87,88)(H,89,90)(H4,65,69,70,75,95)/t47-,48-,49-,56+/m1/s1. The first kappa shape index (κ1) is 75.4. The number of rotatable bonds is 33. The van der Waals surface area contributed by atoms with Crippen LogP contribution in [0.25, 0.3) is 0 Å².